The van der Waals surface area contributed by atoms with Crippen LogP contribution in [-0.2, 0) is 16.4 Å². The predicted molar refractivity (Wildman–Crippen MR) is 110 cm³/mol. The summed E-state index contributed by atoms with van der Waals surface area (Å²) in [5, 5.41) is 10.7. The van der Waals surface area contributed by atoms with Crippen LogP contribution in [0.1, 0.15) is 32.8 Å². The lowest BCUT2D eigenvalue weighted by Crippen LogP contribution is -2.41. The fourth-order valence-corrected chi connectivity index (χ4v) is 4.46. The minimum absolute atomic E-state index is 0.0417. The third-order valence-electron chi connectivity index (χ3n) is 4.78. The predicted octanol–water partition coefficient (Wildman–Crippen LogP) is 3.96. The first-order chi connectivity index (χ1) is 12.8. The van der Waals surface area contributed by atoms with Crippen LogP contribution in [0.15, 0.2) is 65.6 Å². The molecule has 0 radical (unpaired) electrons. The first kappa shape index (κ1) is 21.6. The van der Waals surface area contributed by atoms with Crippen LogP contribution in [0.25, 0.3) is 0 Å². The van der Waals surface area contributed by atoms with Gasteiger partial charge < -0.3 is 5.11 Å². The van der Waals surface area contributed by atoms with E-state index in [-0.39, 0.29) is 17.4 Å². The van der Waals surface area contributed by atoms with Crippen LogP contribution >= 0.6 is 0 Å². The average molecular weight is 390 g/mol. The van der Waals surface area contributed by atoms with Crippen molar-refractivity contribution >= 4 is 10.0 Å². The number of aliphatic hydroxyl groups is 1. The molecule has 0 bridgehead atoms. The lowest BCUT2D eigenvalue weighted by molar-refractivity contribution is 0.0934. The number of benzene rings is 2. The molecule has 0 unspecified atom stereocenters. The topological polar surface area (TPSA) is 57.6 Å². The smallest absolute Gasteiger partial charge is 0.243 e. The van der Waals surface area contributed by atoms with Gasteiger partial charge in [0.15, 0.2) is 0 Å². The zero-order valence-electron chi connectivity index (χ0n) is 16.5. The number of hydrogen-bond acceptors (Lipinski definition) is 3. The van der Waals surface area contributed by atoms with Gasteiger partial charge in [0.25, 0.3) is 0 Å². The SMILES string of the molecule is CC(C)CCN(C[C@@H](O)[C@@H](C)Cc1ccccc1)S(=O)(=O)c1ccccc1. The van der Waals surface area contributed by atoms with E-state index in [1.165, 1.54) is 4.31 Å². The second kappa shape index (κ2) is 10.0. The Morgan fingerprint density at radius 3 is 2.04 bits per heavy atom. The van der Waals surface area contributed by atoms with Crippen molar-refractivity contribution < 1.29 is 13.5 Å². The molecule has 2 atom stereocenters. The molecule has 0 fully saturated rings. The van der Waals surface area contributed by atoms with Gasteiger partial charge in [-0.1, -0.05) is 69.3 Å². The first-order valence-corrected chi connectivity index (χ1v) is 11.0. The molecule has 0 aliphatic rings. The minimum atomic E-state index is -3.62. The Balaban J connectivity index is 2.13. The molecule has 0 saturated heterocycles. The standard InChI is InChI=1S/C22H31NO3S/c1-18(2)14-15-23(27(25,26)21-12-8-5-9-13-21)17-22(24)19(3)16-20-10-6-4-7-11-20/h4-13,18-19,22,24H,14-17H2,1-3H3/t19-,22+/m0/s1. The van der Waals surface area contributed by atoms with Gasteiger partial charge in [0.1, 0.15) is 0 Å². The maximum Gasteiger partial charge on any atom is 0.243 e. The van der Waals surface area contributed by atoms with Crippen LogP contribution in [0.4, 0.5) is 0 Å². The molecule has 27 heavy (non-hydrogen) atoms. The molecule has 0 aromatic heterocycles. The van der Waals surface area contributed by atoms with Crippen LogP contribution in [0.3, 0.4) is 0 Å². The summed E-state index contributed by atoms with van der Waals surface area (Å²) >= 11 is 0. The van der Waals surface area contributed by atoms with E-state index >= 15 is 0 Å². The van der Waals surface area contributed by atoms with Crippen molar-refractivity contribution in [2.45, 2.75) is 44.6 Å². The lowest BCUT2D eigenvalue weighted by atomic mass is 9.96. The summed E-state index contributed by atoms with van der Waals surface area (Å²) in [6, 6.07) is 18.4. The van der Waals surface area contributed by atoms with Crippen molar-refractivity contribution in [2.75, 3.05) is 13.1 Å². The zero-order chi connectivity index (χ0) is 19.9. The van der Waals surface area contributed by atoms with Crippen molar-refractivity contribution in [3.8, 4) is 0 Å². The van der Waals surface area contributed by atoms with Crippen LogP contribution in [0.2, 0.25) is 0 Å². The minimum Gasteiger partial charge on any atom is -0.391 e. The van der Waals surface area contributed by atoms with Crippen molar-refractivity contribution in [1.29, 1.82) is 0 Å². The van der Waals surface area contributed by atoms with E-state index in [0.29, 0.717) is 18.9 Å². The molecule has 0 amide bonds. The van der Waals surface area contributed by atoms with E-state index in [4.69, 9.17) is 0 Å². The number of rotatable bonds is 10. The summed E-state index contributed by atoms with van der Waals surface area (Å²) in [7, 11) is -3.62. The number of sulfonamides is 1. The molecule has 0 aliphatic heterocycles. The van der Waals surface area contributed by atoms with E-state index in [9.17, 15) is 13.5 Å². The highest BCUT2D eigenvalue weighted by Gasteiger charge is 2.28. The normalized spacial score (nSPS) is 14.4. The van der Waals surface area contributed by atoms with Gasteiger partial charge in [0.2, 0.25) is 10.0 Å². The Morgan fingerprint density at radius 1 is 0.926 bits per heavy atom. The van der Waals surface area contributed by atoms with Crippen LogP contribution < -0.4 is 0 Å². The maximum atomic E-state index is 13.1. The van der Waals surface area contributed by atoms with Gasteiger partial charge in [0, 0.05) is 13.1 Å². The Labute approximate surface area is 163 Å². The third-order valence-corrected chi connectivity index (χ3v) is 6.66. The van der Waals surface area contributed by atoms with Gasteiger partial charge in [0.05, 0.1) is 11.0 Å². The van der Waals surface area contributed by atoms with Crippen LogP contribution in [0, 0.1) is 11.8 Å². The van der Waals surface area contributed by atoms with Gasteiger partial charge in [-0.05, 0) is 42.4 Å². The van der Waals surface area contributed by atoms with Crippen molar-refractivity contribution in [3.63, 3.8) is 0 Å². The van der Waals surface area contributed by atoms with Crippen molar-refractivity contribution in [1.82, 2.24) is 4.31 Å². The van der Waals surface area contributed by atoms with Gasteiger partial charge in [-0.15, -0.1) is 0 Å². The molecule has 148 valence electrons. The van der Waals surface area contributed by atoms with Crippen LogP contribution in [0.5, 0.6) is 0 Å². The van der Waals surface area contributed by atoms with Gasteiger partial charge in [-0.3, -0.25) is 0 Å². The second-order valence-electron chi connectivity index (χ2n) is 7.59. The molecule has 0 saturated carbocycles. The molecular weight excluding hydrogens is 358 g/mol. The summed E-state index contributed by atoms with van der Waals surface area (Å²) in [6.45, 7) is 6.62. The lowest BCUT2D eigenvalue weighted by Gasteiger charge is -2.28. The van der Waals surface area contributed by atoms with Gasteiger partial charge in [-0.25, -0.2) is 8.42 Å². The van der Waals surface area contributed by atoms with E-state index in [2.05, 4.69) is 13.8 Å². The summed E-state index contributed by atoms with van der Waals surface area (Å²) in [5.41, 5.74) is 1.14. The Bertz CT molecular complexity index is 776. The monoisotopic (exact) mass is 389 g/mol. The zero-order valence-corrected chi connectivity index (χ0v) is 17.3. The average Bonchev–Trinajstić information content (AvgIpc) is 2.66. The molecule has 0 spiro atoms. The third kappa shape index (κ3) is 6.45. The maximum absolute atomic E-state index is 13.1. The first-order valence-electron chi connectivity index (χ1n) is 9.58. The Hall–Kier alpha value is -1.69. The molecule has 2 aromatic carbocycles. The summed E-state index contributed by atoms with van der Waals surface area (Å²) in [6.07, 6.45) is 0.743. The number of aliphatic hydroxyl groups excluding tert-OH is 1. The fourth-order valence-electron chi connectivity index (χ4n) is 2.96. The molecule has 2 aromatic rings. The van der Waals surface area contributed by atoms with Crippen molar-refractivity contribution in [3.05, 3.63) is 66.2 Å². The van der Waals surface area contributed by atoms with E-state index in [1.807, 2.05) is 37.3 Å². The van der Waals surface area contributed by atoms with Gasteiger partial charge >= 0.3 is 0 Å². The molecule has 2 rings (SSSR count). The Morgan fingerprint density at radius 2 is 1.48 bits per heavy atom. The highest BCUT2D eigenvalue weighted by molar-refractivity contribution is 7.89. The summed E-state index contributed by atoms with van der Waals surface area (Å²) in [4.78, 5) is 0.275. The summed E-state index contributed by atoms with van der Waals surface area (Å²) in [5.74, 6) is 0.345. The van der Waals surface area contributed by atoms with Crippen molar-refractivity contribution in [2.24, 2.45) is 11.8 Å². The Kier molecular flexibility index (Phi) is 8.02. The van der Waals surface area contributed by atoms with E-state index in [1.54, 1.807) is 30.3 Å². The second-order valence-corrected chi connectivity index (χ2v) is 9.53. The number of nitrogens with zero attached hydrogens (tertiary/aromatic N) is 1. The van der Waals surface area contributed by atoms with E-state index in [0.717, 1.165) is 12.0 Å². The molecule has 1 N–H and O–H groups in total. The van der Waals surface area contributed by atoms with Crippen LogP contribution in [-0.4, -0.2) is 37.0 Å². The van der Waals surface area contributed by atoms with Gasteiger partial charge in [-0.2, -0.15) is 4.31 Å². The fraction of sp³-hybridized carbons (Fsp3) is 0.455. The molecule has 4 nitrogen and oxygen atoms in total. The highest BCUT2D eigenvalue weighted by atomic mass is 32.2. The molecule has 0 aliphatic carbocycles. The molecular formula is C22H31NO3S. The largest absolute Gasteiger partial charge is 0.391 e. The number of hydrogen-bond donors (Lipinski definition) is 1. The quantitative estimate of drug-likeness (QED) is 0.669. The molecule has 5 heteroatoms. The molecule has 0 heterocycles. The van der Waals surface area contributed by atoms with E-state index < -0.39 is 16.1 Å². The summed E-state index contributed by atoms with van der Waals surface area (Å²) < 4.78 is 27.6. The highest BCUT2D eigenvalue weighted by Crippen LogP contribution is 2.20.